The lowest BCUT2D eigenvalue weighted by Crippen LogP contribution is -2.40. The zero-order chi connectivity index (χ0) is 18.8. The maximum absolute atomic E-state index is 12.1. The zero-order valence-electron chi connectivity index (χ0n) is 14.7. The number of amides is 3. The highest BCUT2D eigenvalue weighted by Gasteiger charge is 2.14. The average Bonchev–Trinajstić information content (AvgIpc) is 2.51. The Kier molecular flexibility index (Phi) is 8.09. The van der Waals surface area contributed by atoms with Crippen molar-refractivity contribution in [1.29, 1.82) is 5.26 Å². The van der Waals surface area contributed by atoms with Gasteiger partial charge < -0.3 is 15.5 Å². The first-order chi connectivity index (χ1) is 11.8. The quantitative estimate of drug-likeness (QED) is 0.728. The monoisotopic (exact) mass is 345 g/mol. The normalized spacial score (nSPS) is 10.0. The molecule has 0 fully saturated rings. The van der Waals surface area contributed by atoms with E-state index in [1.807, 2.05) is 6.07 Å². The number of nitrogens with zero attached hydrogens (tertiary/aromatic N) is 3. The zero-order valence-corrected chi connectivity index (χ0v) is 14.7. The van der Waals surface area contributed by atoms with Crippen molar-refractivity contribution < 1.29 is 14.4 Å². The van der Waals surface area contributed by atoms with E-state index in [2.05, 4.69) is 10.6 Å². The Morgan fingerprint density at radius 2 is 1.76 bits per heavy atom. The van der Waals surface area contributed by atoms with Gasteiger partial charge in [-0.1, -0.05) is 6.07 Å². The Hall–Kier alpha value is -2.92. The van der Waals surface area contributed by atoms with E-state index < -0.39 is 0 Å². The van der Waals surface area contributed by atoms with Gasteiger partial charge in [0.2, 0.25) is 17.7 Å². The summed E-state index contributed by atoms with van der Waals surface area (Å²) >= 11 is 0. The summed E-state index contributed by atoms with van der Waals surface area (Å²) in [6, 6.07) is 8.79. The van der Waals surface area contributed by atoms with Gasteiger partial charge in [-0.15, -0.1) is 0 Å². The molecule has 1 rings (SSSR count). The van der Waals surface area contributed by atoms with Crippen molar-refractivity contribution in [3.8, 4) is 6.07 Å². The summed E-state index contributed by atoms with van der Waals surface area (Å²) in [6.45, 7) is 1.90. The van der Waals surface area contributed by atoms with Crippen LogP contribution in [0.5, 0.6) is 0 Å². The van der Waals surface area contributed by atoms with Gasteiger partial charge >= 0.3 is 0 Å². The predicted octanol–water partition coefficient (Wildman–Crippen LogP) is 0.887. The minimum absolute atomic E-state index is 0.0438. The van der Waals surface area contributed by atoms with Gasteiger partial charge in [0.1, 0.15) is 0 Å². The van der Waals surface area contributed by atoms with Crippen LogP contribution in [0.2, 0.25) is 0 Å². The van der Waals surface area contributed by atoms with E-state index in [1.165, 1.54) is 11.8 Å². The molecule has 0 saturated carbocycles. The second-order valence-corrected chi connectivity index (χ2v) is 5.71. The Balaban J connectivity index is 2.49. The van der Waals surface area contributed by atoms with Crippen LogP contribution in [0.1, 0.15) is 13.3 Å². The molecule has 3 amide bonds. The fourth-order valence-electron chi connectivity index (χ4n) is 2.07. The third kappa shape index (κ3) is 7.94. The molecule has 0 atom stereocenters. The van der Waals surface area contributed by atoms with E-state index in [9.17, 15) is 14.4 Å². The first kappa shape index (κ1) is 20.1. The highest BCUT2D eigenvalue weighted by Crippen LogP contribution is 2.14. The maximum atomic E-state index is 12.1. The van der Waals surface area contributed by atoms with Crippen molar-refractivity contribution >= 4 is 29.1 Å². The molecule has 0 saturated heterocycles. The van der Waals surface area contributed by atoms with Crippen LogP contribution in [-0.2, 0) is 14.4 Å². The number of hydrogen-bond donors (Lipinski definition) is 2. The summed E-state index contributed by atoms with van der Waals surface area (Å²) in [5, 5.41) is 13.9. The van der Waals surface area contributed by atoms with Crippen molar-refractivity contribution in [2.75, 3.05) is 44.4 Å². The molecule has 2 N–H and O–H groups in total. The number of rotatable bonds is 8. The van der Waals surface area contributed by atoms with Crippen LogP contribution in [0.25, 0.3) is 0 Å². The summed E-state index contributed by atoms with van der Waals surface area (Å²) < 4.78 is 0. The predicted molar refractivity (Wildman–Crippen MR) is 94.7 cm³/mol. The smallest absolute Gasteiger partial charge is 0.238 e. The van der Waals surface area contributed by atoms with Crippen LogP contribution < -0.4 is 10.6 Å². The molecule has 0 heterocycles. The minimum atomic E-state index is -0.269. The third-order valence-corrected chi connectivity index (χ3v) is 3.27. The Morgan fingerprint density at radius 3 is 2.36 bits per heavy atom. The van der Waals surface area contributed by atoms with E-state index in [0.29, 0.717) is 17.9 Å². The SMILES string of the molecule is CC(=O)Nc1cccc(NC(=O)CN(C)CC(=O)N(C)CCC#N)c1. The number of benzene rings is 1. The fourth-order valence-corrected chi connectivity index (χ4v) is 2.07. The van der Waals surface area contributed by atoms with Gasteiger partial charge in [0.15, 0.2) is 0 Å². The largest absolute Gasteiger partial charge is 0.344 e. The van der Waals surface area contributed by atoms with Gasteiger partial charge in [-0.2, -0.15) is 5.26 Å². The second-order valence-electron chi connectivity index (χ2n) is 5.71. The molecule has 0 spiro atoms. The highest BCUT2D eigenvalue weighted by molar-refractivity contribution is 5.94. The molecule has 0 aliphatic heterocycles. The molecular formula is C17H23N5O3. The molecule has 1 aromatic carbocycles. The van der Waals surface area contributed by atoms with Gasteiger partial charge in [-0.3, -0.25) is 19.3 Å². The van der Waals surface area contributed by atoms with E-state index >= 15 is 0 Å². The molecule has 1 aromatic rings. The summed E-state index contributed by atoms with van der Waals surface area (Å²) in [7, 11) is 3.30. The molecule has 25 heavy (non-hydrogen) atoms. The molecule has 0 unspecified atom stereocenters. The lowest BCUT2D eigenvalue weighted by atomic mass is 10.2. The number of likely N-dealkylation sites (N-methyl/N-ethyl adjacent to an activating group) is 2. The van der Waals surface area contributed by atoms with Gasteiger partial charge in [0.25, 0.3) is 0 Å². The number of nitrogens with one attached hydrogen (secondary N) is 2. The summed E-state index contributed by atoms with van der Waals surface area (Å²) in [5.41, 5.74) is 1.15. The first-order valence-corrected chi connectivity index (χ1v) is 7.78. The Labute approximate surface area is 147 Å². The van der Waals surface area contributed by atoms with Crippen molar-refractivity contribution in [2.24, 2.45) is 0 Å². The fraction of sp³-hybridized carbons (Fsp3) is 0.412. The first-order valence-electron chi connectivity index (χ1n) is 7.78. The molecule has 0 bridgehead atoms. The molecule has 134 valence electrons. The van der Waals surface area contributed by atoms with Crippen LogP contribution >= 0.6 is 0 Å². The Morgan fingerprint density at radius 1 is 1.12 bits per heavy atom. The second kappa shape index (κ2) is 10.1. The van der Waals surface area contributed by atoms with Gasteiger partial charge in [0, 0.05) is 31.9 Å². The van der Waals surface area contributed by atoms with Gasteiger partial charge in [-0.05, 0) is 25.2 Å². The molecule has 8 heteroatoms. The Bertz CT molecular complexity index is 668. The summed E-state index contributed by atoms with van der Waals surface area (Å²) in [5.74, 6) is -0.615. The molecule has 0 radical (unpaired) electrons. The maximum Gasteiger partial charge on any atom is 0.238 e. The van der Waals surface area contributed by atoms with E-state index in [-0.39, 0.29) is 37.2 Å². The van der Waals surface area contributed by atoms with Crippen molar-refractivity contribution in [3.05, 3.63) is 24.3 Å². The summed E-state index contributed by atoms with van der Waals surface area (Å²) in [4.78, 5) is 38.1. The molecular weight excluding hydrogens is 322 g/mol. The van der Waals surface area contributed by atoms with E-state index in [0.717, 1.165) is 0 Å². The van der Waals surface area contributed by atoms with Crippen LogP contribution in [0.3, 0.4) is 0 Å². The van der Waals surface area contributed by atoms with Crippen LogP contribution in [0.15, 0.2) is 24.3 Å². The number of hydrogen-bond acceptors (Lipinski definition) is 5. The number of carbonyl (C=O) groups excluding carboxylic acids is 3. The topological polar surface area (TPSA) is 106 Å². The van der Waals surface area contributed by atoms with Crippen LogP contribution in [0.4, 0.5) is 11.4 Å². The van der Waals surface area contributed by atoms with Gasteiger partial charge in [-0.25, -0.2) is 0 Å². The number of anilines is 2. The minimum Gasteiger partial charge on any atom is -0.344 e. The lowest BCUT2D eigenvalue weighted by Gasteiger charge is -2.20. The lowest BCUT2D eigenvalue weighted by molar-refractivity contribution is -0.131. The highest BCUT2D eigenvalue weighted by atomic mass is 16.2. The van der Waals surface area contributed by atoms with Crippen molar-refractivity contribution in [1.82, 2.24) is 9.80 Å². The van der Waals surface area contributed by atoms with Crippen molar-refractivity contribution in [2.45, 2.75) is 13.3 Å². The summed E-state index contributed by atoms with van der Waals surface area (Å²) in [6.07, 6.45) is 0.275. The van der Waals surface area contributed by atoms with E-state index in [4.69, 9.17) is 5.26 Å². The van der Waals surface area contributed by atoms with Gasteiger partial charge in [0.05, 0.1) is 25.6 Å². The van der Waals surface area contributed by atoms with E-state index in [1.54, 1.807) is 43.3 Å². The molecule has 0 aliphatic carbocycles. The average molecular weight is 345 g/mol. The number of nitriles is 1. The number of carbonyl (C=O) groups is 3. The molecule has 8 nitrogen and oxygen atoms in total. The molecule has 0 aromatic heterocycles. The van der Waals surface area contributed by atoms with Crippen LogP contribution in [0, 0.1) is 11.3 Å². The standard InChI is InChI=1S/C17H23N5O3/c1-13(23)19-14-6-4-7-15(10-14)20-16(24)11-21(2)12-17(25)22(3)9-5-8-18/h4,6-7,10H,5,9,11-12H2,1-3H3,(H,19,23)(H,20,24). The molecule has 0 aliphatic rings. The van der Waals surface area contributed by atoms with Crippen molar-refractivity contribution in [3.63, 3.8) is 0 Å². The van der Waals surface area contributed by atoms with Crippen LogP contribution in [-0.4, -0.2) is 61.3 Å². The third-order valence-electron chi connectivity index (χ3n) is 3.27.